The third kappa shape index (κ3) is 4.77. The molecule has 0 unspecified atom stereocenters. The minimum absolute atomic E-state index is 0.0772. The third-order valence-electron chi connectivity index (χ3n) is 3.47. The predicted octanol–water partition coefficient (Wildman–Crippen LogP) is 4.32. The van der Waals surface area contributed by atoms with E-state index in [1.54, 1.807) is 0 Å². The number of benzene rings is 1. The van der Waals surface area contributed by atoms with Gasteiger partial charge >= 0.3 is 6.61 Å². The molecule has 3 rings (SSSR count). The first-order valence-electron chi connectivity index (χ1n) is 8.19. The van der Waals surface area contributed by atoms with Gasteiger partial charge in [0.15, 0.2) is 11.5 Å². The normalized spacial score (nSPS) is 11.8. The Morgan fingerprint density at radius 1 is 1.18 bits per heavy atom. The fourth-order valence-corrected chi connectivity index (χ4v) is 2.73. The van der Waals surface area contributed by atoms with E-state index in [2.05, 4.69) is 25.1 Å². The Kier molecular flexibility index (Phi) is 5.82. The van der Waals surface area contributed by atoms with E-state index in [1.807, 2.05) is 20.8 Å². The van der Waals surface area contributed by atoms with Gasteiger partial charge in [0.2, 0.25) is 17.6 Å². The summed E-state index contributed by atoms with van der Waals surface area (Å²) >= 11 is 1.27. The molecule has 150 valence electrons. The van der Waals surface area contributed by atoms with E-state index >= 15 is 0 Å². The summed E-state index contributed by atoms with van der Waals surface area (Å²) in [7, 11) is 1.35. The highest BCUT2D eigenvalue weighted by molar-refractivity contribution is 7.98. The van der Waals surface area contributed by atoms with E-state index in [0.717, 1.165) is 0 Å². The van der Waals surface area contributed by atoms with Crippen LogP contribution in [0.5, 0.6) is 11.5 Å². The molecule has 3 aromatic rings. The van der Waals surface area contributed by atoms with Crippen molar-refractivity contribution in [1.82, 2.24) is 20.3 Å². The smallest absolute Gasteiger partial charge is 0.387 e. The fourth-order valence-electron chi connectivity index (χ4n) is 2.13. The number of aromatic nitrogens is 4. The van der Waals surface area contributed by atoms with Crippen LogP contribution in [0.1, 0.15) is 32.6 Å². The van der Waals surface area contributed by atoms with Crippen LogP contribution in [0.25, 0.3) is 11.4 Å². The van der Waals surface area contributed by atoms with Crippen LogP contribution in [0.4, 0.5) is 8.78 Å². The molecule has 0 bridgehead atoms. The molecule has 0 N–H and O–H groups in total. The van der Waals surface area contributed by atoms with Gasteiger partial charge in [-0.25, -0.2) is 0 Å². The molecule has 28 heavy (non-hydrogen) atoms. The molecule has 0 aliphatic heterocycles. The molecule has 0 saturated heterocycles. The predicted molar refractivity (Wildman–Crippen MR) is 95.5 cm³/mol. The minimum Gasteiger partial charge on any atom is -0.493 e. The first kappa shape index (κ1) is 20.1. The molecule has 2 heterocycles. The van der Waals surface area contributed by atoms with E-state index in [1.165, 1.54) is 37.1 Å². The Bertz CT molecular complexity index is 939. The molecule has 0 fully saturated rings. The van der Waals surface area contributed by atoms with Crippen LogP contribution >= 0.6 is 11.8 Å². The number of alkyl halides is 2. The summed E-state index contributed by atoms with van der Waals surface area (Å²) in [5.74, 6) is 1.58. The van der Waals surface area contributed by atoms with E-state index in [0.29, 0.717) is 34.1 Å². The maximum absolute atomic E-state index is 12.4. The molecule has 0 spiro atoms. The number of thioether (sulfide) groups is 1. The number of rotatable bonds is 7. The quantitative estimate of drug-likeness (QED) is 0.526. The lowest BCUT2D eigenvalue weighted by molar-refractivity contribution is -0.0512. The molecule has 0 saturated carbocycles. The SMILES string of the molecule is COc1cc(-c2noc(CSc3nnc(C(C)(C)C)o3)n2)ccc1OC(F)F. The monoisotopic (exact) mass is 412 g/mol. The van der Waals surface area contributed by atoms with Crippen LogP contribution in [0.15, 0.2) is 32.4 Å². The van der Waals surface area contributed by atoms with Gasteiger partial charge in [-0.1, -0.05) is 37.7 Å². The van der Waals surface area contributed by atoms with E-state index in [-0.39, 0.29) is 16.9 Å². The zero-order valence-electron chi connectivity index (χ0n) is 15.6. The highest BCUT2D eigenvalue weighted by Crippen LogP contribution is 2.33. The second-order valence-electron chi connectivity index (χ2n) is 6.67. The van der Waals surface area contributed by atoms with Crippen molar-refractivity contribution in [2.45, 2.75) is 43.8 Å². The zero-order chi connectivity index (χ0) is 20.3. The first-order valence-corrected chi connectivity index (χ1v) is 9.17. The van der Waals surface area contributed by atoms with Gasteiger partial charge in [0, 0.05) is 11.0 Å². The second kappa shape index (κ2) is 8.13. The lowest BCUT2D eigenvalue weighted by Crippen LogP contribution is -2.11. The summed E-state index contributed by atoms with van der Waals surface area (Å²) in [6, 6.07) is 4.39. The van der Waals surface area contributed by atoms with Crippen LogP contribution in [0.3, 0.4) is 0 Å². The zero-order valence-corrected chi connectivity index (χ0v) is 16.4. The molecule has 0 radical (unpaired) electrons. The van der Waals surface area contributed by atoms with Crippen molar-refractivity contribution in [2.24, 2.45) is 0 Å². The van der Waals surface area contributed by atoms with Crippen molar-refractivity contribution in [3.8, 4) is 22.9 Å². The highest BCUT2D eigenvalue weighted by atomic mass is 32.2. The topological polar surface area (TPSA) is 96.3 Å². The number of hydrogen-bond donors (Lipinski definition) is 0. The van der Waals surface area contributed by atoms with Gasteiger partial charge in [0.1, 0.15) is 0 Å². The largest absolute Gasteiger partial charge is 0.493 e. The van der Waals surface area contributed by atoms with Gasteiger partial charge in [-0.3, -0.25) is 0 Å². The van der Waals surface area contributed by atoms with Crippen LogP contribution in [0.2, 0.25) is 0 Å². The molecular formula is C17H18F2N4O4S. The van der Waals surface area contributed by atoms with Crippen molar-refractivity contribution in [3.05, 3.63) is 30.0 Å². The van der Waals surface area contributed by atoms with E-state index in [9.17, 15) is 8.78 Å². The number of nitrogens with zero attached hydrogens (tertiary/aromatic N) is 4. The molecule has 8 nitrogen and oxygen atoms in total. The third-order valence-corrected chi connectivity index (χ3v) is 4.28. The maximum Gasteiger partial charge on any atom is 0.387 e. The van der Waals surface area contributed by atoms with Crippen LogP contribution in [0, 0.1) is 0 Å². The van der Waals surface area contributed by atoms with Gasteiger partial charge in [0.05, 0.1) is 12.9 Å². The highest BCUT2D eigenvalue weighted by Gasteiger charge is 2.22. The maximum atomic E-state index is 12.4. The lowest BCUT2D eigenvalue weighted by Gasteiger charge is -2.10. The summed E-state index contributed by atoms with van der Waals surface area (Å²) in [6.07, 6.45) is 0. The van der Waals surface area contributed by atoms with E-state index < -0.39 is 6.61 Å². The molecule has 0 aliphatic carbocycles. The van der Waals surface area contributed by atoms with Crippen molar-refractivity contribution in [3.63, 3.8) is 0 Å². The molecule has 0 atom stereocenters. The van der Waals surface area contributed by atoms with Gasteiger partial charge < -0.3 is 18.4 Å². The summed E-state index contributed by atoms with van der Waals surface area (Å²) < 4.78 is 45.1. The number of hydrogen-bond acceptors (Lipinski definition) is 9. The number of ether oxygens (including phenoxy) is 2. The van der Waals surface area contributed by atoms with Crippen LogP contribution in [-0.2, 0) is 11.2 Å². The van der Waals surface area contributed by atoms with Gasteiger partial charge in [-0.15, -0.1) is 10.2 Å². The summed E-state index contributed by atoms with van der Waals surface area (Å²) in [4.78, 5) is 4.28. The molecule has 1 aromatic carbocycles. The van der Waals surface area contributed by atoms with Gasteiger partial charge in [-0.2, -0.15) is 13.8 Å². The molecule has 0 aliphatic rings. The van der Waals surface area contributed by atoms with E-state index in [4.69, 9.17) is 13.7 Å². The van der Waals surface area contributed by atoms with Crippen molar-refractivity contribution in [1.29, 1.82) is 0 Å². The van der Waals surface area contributed by atoms with Crippen molar-refractivity contribution < 1.29 is 27.2 Å². The minimum atomic E-state index is -2.95. The van der Waals surface area contributed by atoms with Crippen molar-refractivity contribution in [2.75, 3.05) is 7.11 Å². The summed E-state index contributed by atoms with van der Waals surface area (Å²) in [6.45, 7) is 2.98. The first-order chi connectivity index (χ1) is 13.3. The Balaban J connectivity index is 1.69. The fraction of sp³-hybridized carbons (Fsp3) is 0.412. The summed E-state index contributed by atoms with van der Waals surface area (Å²) in [5, 5.41) is 12.3. The Labute approximate surface area is 163 Å². The average Bonchev–Trinajstić information content (AvgIpc) is 3.29. The standard InChI is InChI=1S/C17H18F2N4O4S/c1-17(2,3)14-21-22-16(26-14)28-8-12-20-13(23-27-12)9-5-6-10(25-15(18)19)11(7-9)24-4/h5-7,15H,8H2,1-4H3. The van der Waals surface area contributed by atoms with Crippen molar-refractivity contribution >= 4 is 11.8 Å². The molecule has 2 aromatic heterocycles. The lowest BCUT2D eigenvalue weighted by atomic mass is 9.97. The summed E-state index contributed by atoms with van der Waals surface area (Å²) in [5.41, 5.74) is 0.300. The van der Waals surface area contributed by atoms with Gasteiger partial charge in [-0.05, 0) is 18.2 Å². The average molecular weight is 412 g/mol. The Morgan fingerprint density at radius 3 is 2.61 bits per heavy atom. The Morgan fingerprint density at radius 2 is 1.96 bits per heavy atom. The second-order valence-corrected chi connectivity index (χ2v) is 7.59. The molecular weight excluding hydrogens is 394 g/mol. The number of methoxy groups -OCH3 is 1. The van der Waals surface area contributed by atoms with Crippen LogP contribution < -0.4 is 9.47 Å². The number of halogens is 2. The molecule has 11 heteroatoms. The van der Waals surface area contributed by atoms with Gasteiger partial charge in [0.25, 0.3) is 5.22 Å². The molecule has 0 amide bonds. The van der Waals surface area contributed by atoms with Crippen LogP contribution in [-0.4, -0.2) is 34.1 Å². The Hall–Kier alpha value is -2.69.